The Labute approximate surface area is 112 Å². The fraction of sp³-hybridized carbons (Fsp3) is 0.500. The third kappa shape index (κ3) is 3.24. The van der Waals surface area contributed by atoms with Gasteiger partial charge in [0.2, 0.25) is 0 Å². The van der Waals surface area contributed by atoms with Gasteiger partial charge in [-0.25, -0.2) is 8.42 Å². The van der Waals surface area contributed by atoms with Crippen LogP contribution in [0.15, 0.2) is 23.1 Å². The largest absolute Gasteiger partial charge is 0.399 e. The van der Waals surface area contributed by atoms with Crippen LogP contribution in [0.2, 0.25) is 0 Å². The molecule has 1 fully saturated rings. The van der Waals surface area contributed by atoms with Crippen molar-refractivity contribution in [2.24, 2.45) is 0 Å². The Morgan fingerprint density at radius 2 is 2.26 bits per heavy atom. The average Bonchev–Trinajstić information content (AvgIpc) is 2.39. The summed E-state index contributed by atoms with van der Waals surface area (Å²) in [6.07, 6.45) is -0.308. The van der Waals surface area contributed by atoms with Crippen molar-refractivity contribution in [3.05, 3.63) is 23.8 Å². The zero-order chi connectivity index (χ0) is 13.9. The predicted octanol–water partition coefficient (Wildman–Crippen LogP) is -0.304. The number of benzene rings is 1. The first kappa shape index (κ1) is 14.3. The quantitative estimate of drug-likeness (QED) is 0.657. The molecule has 1 saturated heterocycles. The second-order valence-electron chi connectivity index (χ2n) is 4.40. The van der Waals surface area contributed by atoms with E-state index in [0.29, 0.717) is 24.4 Å². The van der Waals surface area contributed by atoms with Crippen LogP contribution in [-0.2, 0) is 14.6 Å². The molecule has 1 unspecified atom stereocenters. The minimum absolute atomic E-state index is 0.148. The lowest BCUT2D eigenvalue weighted by Crippen LogP contribution is -2.34. The maximum atomic E-state index is 12.2. The molecule has 1 aliphatic rings. The first-order valence-corrected chi connectivity index (χ1v) is 7.75. The van der Waals surface area contributed by atoms with E-state index in [2.05, 4.69) is 5.32 Å². The van der Waals surface area contributed by atoms with Gasteiger partial charge in [-0.15, -0.1) is 0 Å². The minimum atomic E-state index is -3.55. The van der Waals surface area contributed by atoms with Crippen LogP contribution in [0.1, 0.15) is 11.7 Å². The molecule has 0 bridgehead atoms. The summed E-state index contributed by atoms with van der Waals surface area (Å²) < 4.78 is 29.9. The number of rotatable bonds is 4. The van der Waals surface area contributed by atoms with Gasteiger partial charge in [-0.05, 0) is 12.1 Å². The van der Waals surface area contributed by atoms with Gasteiger partial charge in [0.05, 0.1) is 30.0 Å². The molecule has 1 aromatic rings. The SMILES string of the molecule is Nc1ccc(C2CNCCO2)c(S(=O)(=O)CCO)c1. The van der Waals surface area contributed by atoms with Crippen molar-refractivity contribution in [3.8, 4) is 0 Å². The highest BCUT2D eigenvalue weighted by molar-refractivity contribution is 7.91. The average molecular weight is 286 g/mol. The number of aliphatic hydroxyl groups excluding tert-OH is 1. The fourth-order valence-corrected chi connectivity index (χ4v) is 3.42. The number of nitrogens with two attached hydrogens (primary N) is 1. The lowest BCUT2D eigenvalue weighted by atomic mass is 10.1. The molecule has 0 radical (unpaired) electrons. The van der Waals surface area contributed by atoms with Gasteiger partial charge >= 0.3 is 0 Å². The Kier molecular flexibility index (Phi) is 4.41. The van der Waals surface area contributed by atoms with Crippen molar-refractivity contribution in [1.29, 1.82) is 0 Å². The molecular formula is C12H18N2O4S. The summed E-state index contributed by atoms with van der Waals surface area (Å²) in [5.74, 6) is -0.316. The monoisotopic (exact) mass is 286 g/mol. The smallest absolute Gasteiger partial charge is 0.181 e. The summed E-state index contributed by atoms with van der Waals surface area (Å²) in [5, 5.41) is 12.0. The molecule has 1 aliphatic heterocycles. The van der Waals surface area contributed by atoms with E-state index in [1.165, 1.54) is 6.07 Å². The normalized spacial score (nSPS) is 20.4. The van der Waals surface area contributed by atoms with Crippen molar-refractivity contribution in [2.75, 3.05) is 37.8 Å². The minimum Gasteiger partial charge on any atom is -0.399 e. The maximum absolute atomic E-state index is 12.2. The van der Waals surface area contributed by atoms with Gasteiger partial charge in [0.15, 0.2) is 9.84 Å². The molecule has 0 spiro atoms. The summed E-state index contributed by atoms with van der Waals surface area (Å²) >= 11 is 0. The molecule has 7 heteroatoms. The first-order chi connectivity index (χ1) is 9.04. The Morgan fingerprint density at radius 3 is 2.89 bits per heavy atom. The van der Waals surface area contributed by atoms with Crippen molar-refractivity contribution < 1.29 is 18.3 Å². The third-order valence-electron chi connectivity index (χ3n) is 3.01. The Hall–Kier alpha value is -1.15. The highest BCUT2D eigenvalue weighted by Gasteiger charge is 2.25. The van der Waals surface area contributed by atoms with E-state index in [-0.39, 0.29) is 16.8 Å². The molecule has 1 heterocycles. The molecule has 2 rings (SSSR count). The molecular weight excluding hydrogens is 268 g/mol. The summed E-state index contributed by atoms with van der Waals surface area (Å²) in [4.78, 5) is 0.148. The Balaban J connectivity index is 2.43. The van der Waals surface area contributed by atoms with E-state index in [0.717, 1.165) is 6.54 Å². The highest BCUT2D eigenvalue weighted by atomic mass is 32.2. The van der Waals surface area contributed by atoms with E-state index in [1.54, 1.807) is 12.1 Å². The predicted molar refractivity (Wildman–Crippen MR) is 71.6 cm³/mol. The van der Waals surface area contributed by atoms with Crippen molar-refractivity contribution in [1.82, 2.24) is 5.32 Å². The molecule has 19 heavy (non-hydrogen) atoms. The number of aliphatic hydroxyl groups is 1. The zero-order valence-corrected chi connectivity index (χ0v) is 11.3. The van der Waals surface area contributed by atoms with Crippen LogP contribution in [0.4, 0.5) is 5.69 Å². The van der Waals surface area contributed by atoms with E-state index < -0.39 is 16.4 Å². The van der Waals surface area contributed by atoms with Gasteiger partial charge in [-0.2, -0.15) is 0 Å². The van der Waals surface area contributed by atoms with Gasteiger partial charge in [0.1, 0.15) is 0 Å². The molecule has 1 atom stereocenters. The molecule has 6 nitrogen and oxygen atoms in total. The Bertz CT molecular complexity index is 539. The summed E-state index contributed by atoms with van der Waals surface area (Å²) in [5.41, 5.74) is 6.64. The van der Waals surface area contributed by atoms with Crippen molar-refractivity contribution in [3.63, 3.8) is 0 Å². The van der Waals surface area contributed by atoms with Crippen LogP contribution in [0.3, 0.4) is 0 Å². The van der Waals surface area contributed by atoms with Crippen molar-refractivity contribution in [2.45, 2.75) is 11.0 Å². The summed E-state index contributed by atoms with van der Waals surface area (Å²) in [6.45, 7) is 1.44. The van der Waals surface area contributed by atoms with E-state index in [4.69, 9.17) is 15.6 Å². The molecule has 1 aromatic carbocycles. The number of nitrogen functional groups attached to an aromatic ring is 1. The van der Waals surface area contributed by atoms with E-state index >= 15 is 0 Å². The van der Waals surface area contributed by atoms with Gasteiger partial charge in [-0.1, -0.05) is 6.07 Å². The molecule has 0 aliphatic carbocycles. The van der Waals surface area contributed by atoms with Crippen LogP contribution >= 0.6 is 0 Å². The summed E-state index contributed by atoms with van der Waals surface area (Å²) in [7, 11) is -3.55. The molecule has 106 valence electrons. The molecule has 0 aromatic heterocycles. The number of ether oxygens (including phenoxy) is 1. The maximum Gasteiger partial charge on any atom is 0.181 e. The second kappa shape index (κ2) is 5.87. The summed E-state index contributed by atoms with van der Waals surface area (Å²) in [6, 6.07) is 4.76. The number of anilines is 1. The second-order valence-corrected chi connectivity index (χ2v) is 6.48. The van der Waals surface area contributed by atoms with Crippen LogP contribution < -0.4 is 11.1 Å². The Morgan fingerprint density at radius 1 is 1.47 bits per heavy atom. The van der Waals surface area contributed by atoms with Crippen LogP contribution in [-0.4, -0.2) is 45.6 Å². The number of hydrogen-bond donors (Lipinski definition) is 3. The topological polar surface area (TPSA) is 102 Å². The molecule has 0 saturated carbocycles. The standard InChI is InChI=1S/C12H18N2O4S/c13-9-1-2-10(11-8-14-3-5-18-11)12(7-9)19(16,17)6-4-15/h1-2,7,11,14-15H,3-6,8,13H2. The number of hydrogen-bond acceptors (Lipinski definition) is 6. The molecule has 0 amide bonds. The number of morpholine rings is 1. The zero-order valence-electron chi connectivity index (χ0n) is 10.5. The lowest BCUT2D eigenvalue weighted by molar-refractivity contribution is 0.0260. The number of nitrogens with one attached hydrogen (secondary N) is 1. The van der Waals surface area contributed by atoms with Gasteiger partial charge in [0, 0.05) is 24.3 Å². The number of sulfone groups is 1. The van der Waals surface area contributed by atoms with Gasteiger partial charge in [-0.3, -0.25) is 0 Å². The third-order valence-corrected chi connectivity index (χ3v) is 4.75. The van der Waals surface area contributed by atoms with Crippen LogP contribution in [0.5, 0.6) is 0 Å². The fourth-order valence-electron chi connectivity index (χ4n) is 2.08. The first-order valence-electron chi connectivity index (χ1n) is 6.10. The van der Waals surface area contributed by atoms with E-state index in [1.807, 2.05) is 0 Å². The van der Waals surface area contributed by atoms with Gasteiger partial charge < -0.3 is 20.9 Å². The van der Waals surface area contributed by atoms with E-state index in [9.17, 15) is 8.42 Å². The lowest BCUT2D eigenvalue weighted by Gasteiger charge is -2.25. The van der Waals surface area contributed by atoms with Crippen molar-refractivity contribution >= 4 is 15.5 Å². The highest BCUT2D eigenvalue weighted by Crippen LogP contribution is 2.28. The molecule has 4 N–H and O–H groups in total. The van der Waals surface area contributed by atoms with Crippen LogP contribution in [0, 0.1) is 0 Å². The van der Waals surface area contributed by atoms with Crippen LogP contribution in [0.25, 0.3) is 0 Å². The van der Waals surface area contributed by atoms with Gasteiger partial charge in [0.25, 0.3) is 0 Å².